The van der Waals surface area contributed by atoms with Crippen molar-refractivity contribution in [2.75, 3.05) is 6.54 Å². The second-order valence-electron chi connectivity index (χ2n) is 4.88. The summed E-state index contributed by atoms with van der Waals surface area (Å²) in [6, 6.07) is 4.80. The number of halogens is 3. The van der Waals surface area contributed by atoms with Crippen LogP contribution >= 0.6 is 0 Å². The van der Waals surface area contributed by atoms with Crippen molar-refractivity contribution in [3.05, 3.63) is 35.4 Å². The molecular weight excluding hydrogens is 271 g/mol. The molecule has 20 heavy (non-hydrogen) atoms. The number of nitrogens with one attached hydrogen (secondary N) is 1. The van der Waals surface area contributed by atoms with Crippen molar-refractivity contribution >= 4 is 5.91 Å². The van der Waals surface area contributed by atoms with Crippen LogP contribution in [0, 0.1) is 0 Å². The summed E-state index contributed by atoms with van der Waals surface area (Å²) in [7, 11) is 0. The van der Waals surface area contributed by atoms with Crippen molar-refractivity contribution in [3.63, 3.8) is 0 Å². The van der Waals surface area contributed by atoms with E-state index < -0.39 is 17.8 Å². The number of carbonyl (C=O) groups is 1. The maximum atomic E-state index is 12.4. The first kappa shape index (κ1) is 16.5. The highest BCUT2D eigenvalue weighted by Gasteiger charge is 2.30. The van der Waals surface area contributed by atoms with Crippen molar-refractivity contribution in [1.29, 1.82) is 0 Å². The lowest BCUT2D eigenvalue weighted by Gasteiger charge is -2.14. The second-order valence-corrected chi connectivity index (χ2v) is 4.88. The minimum atomic E-state index is -4.35. The molecule has 0 aliphatic rings. The molecule has 1 rings (SSSR count). The van der Waals surface area contributed by atoms with E-state index in [1.807, 2.05) is 0 Å². The fraction of sp³-hybridized carbons (Fsp3) is 0.500. The Labute approximate surface area is 115 Å². The van der Waals surface area contributed by atoms with Gasteiger partial charge in [0.2, 0.25) is 5.91 Å². The Balaban J connectivity index is 2.60. The minimum absolute atomic E-state index is 0.165. The Kier molecular flexibility index (Phi) is 5.56. The molecule has 0 aromatic heterocycles. The van der Waals surface area contributed by atoms with Gasteiger partial charge in [-0.2, -0.15) is 13.2 Å². The number of hydrogen-bond acceptors (Lipinski definition) is 2. The zero-order chi connectivity index (χ0) is 15.3. The number of benzene rings is 1. The van der Waals surface area contributed by atoms with Crippen LogP contribution in [0.3, 0.4) is 0 Å². The summed E-state index contributed by atoms with van der Waals surface area (Å²) < 4.78 is 37.3. The third-order valence-electron chi connectivity index (χ3n) is 2.89. The van der Waals surface area contributed by atoms with Crippen molar-refractivity contribution in [3.8, 4) is 0 Å². The first-order valence-electron chi connectivity index (χ1n) is 6.32. The Morgan fingerprint density at radius 3 is 2.25 bits per heavy atom. The molecule has 6 heteroatoms. The lowest BCUT2D eigenvalue weighted by atomic mass is 9.96. The summed E-state index contributed by atoms with van der Waals surface area (Å²) in [5.74, 6) is -0.426. The zero-order valence-electron chi connectivity index (χ0n) is 11.4. The van der Waals surface area contributed by atoms with E-state index in [1.165, 1.54) is 12.1 Å². The fourth-order valence-corrected chi connectivity index (χ4v) is 1.73. The fourth-order valence-electron chi connectivity index (χ4n) is 1.73. The van der Waals surface area contributed by atoms with Crippen molar-refractivity contribution in [1.82, 2.24) is 5.32 Å². The number of alkyl halides is 3. The first-order valence-corrected chi connectivity index (χ1v) is 6.32. The van der Waals surface area contributed by atoms with Gasteiger partial charge in [0.1, 0.15) is 0 Å². The van der Waals surface area contributed by atoms with Gasteiger partial charge in [-0.3, -0.25) is 4.79 Å². The number of rotatable bonds is 5. The summed E-state index contributed by atoms with van der Waals surface area (Å²) in [6.45, 7) is 3.49. The summed E-state index contributed by atoms with van der Waals surface area (Å²) >= 11 is 0. The normalized spacial score (nSPS) is 14.7. The maximum absolute atomic E-state index is 12.4. The van der Waals surface area contributed by atoms with Crippen molar-refractivity contribution in [2.45, 2.75) is 38.5 Å². The van der Waals surface area contributed by atoms with E-state index in [4.69, 9.17) is 5.11 Å². The largest absolute Gasteiger partial charge is 0.416 e. The van der Waals surface area contributed by atoms with Crippen LogP contribution in [-0.2, 0) is 11.0 Å². The minimum Gasteiger partial charge on any atom is -0.392 e. The van der Waals surface area contributed by atoms with Gasteiger partial charge in [0, 0.05) is 13.0 Å². The molecule has 0 spiro atoms. The number of hydrogen-bond donors (Lipinski definition) is 2. The molecule has 1 aromatic carbocycles. The van der Waals surface area contributed by atoms with Crippen molar-refractivity contribution < 1.29 is 23.1 Å². The molecule has 2 N–H and O–H groups in total. The number of aliphatic hydroxyl groups is 1. The molecule has 0 saturated carbocycles. The molecule has 0 aliphatic carbocycles. The first-order chi connectivity index (χ1) is 9.20. The molecule has 1 amide bonds. The van der Waals surface area contributed by atoms with Gasteiger partial charge in [-0.1, -0.05) is 19.1 Å². The average molecular weight is 289 g/mol. The zero-order valence-corrected chi connectivity index (χ0v) is 11.4. The summed E-state index contributed by atoms with van der Waals surface area (Å²) in [6.07, 6.45) is -4.81. The highest BCUT2D eigenvalue weighted by atomic mass is 19.4. The van der Waals surface area contributed by atoms with Crippen LogP contribution in [0.4, 0.5) is 13.2 Å². The van der Waals surface area contributed by atoms with Gasteiger partial charge in [-0.25, -0.2) is 0 Å². The Morgan fingerprint density at radius 2 is 1.80 bits per heavy atom. The molecule has 0 aliphatic heterocycles. The van der Waals surface area contributed by atoms with Gasteiger partial charge >= 0.3 is 6.18 Å². The van der Waals surface area contributed by atoms with Gasteiger partial charge in [-0.05, 0) is 30.5 Å². The monoisotopic (exact) mass is 289 g/mol. The van der Waals surface area contributed by atoms with Crippen molar-refractivity contribution in [2.24, 2.45) is 0 Å². The molecule has 0 fully saturated rings. The van der Waals surface area contributed by atoms with Gasteiger partial charge in [0.05, 0.1) is 11.7 Å². The molecule has 0 saturated heterocycles. The average Bonchev–Trinajstić information content (AvgIpc) is 2.35. The Bertz CT molecular complexity index is 441. The predicted molar refractivity (Wildman–Crippen MR) is 69.2 cm³/mol. The summed E-state index contributed by atoms with van der Waals surface area (Å²) in [5, 5.41) is 11.6. The topological polar surface area (TPSA) is 49.3 Å². The predicted octanol–water partition coefficient (Wildman–Crippen LogP) is 2.70. The highest BCUT2D eigenvalue weighted by Crippen LogP contribution is 2.30. The van der Waals surface area contributed by atoms with Gasteiger partial charge in [0.25, 0.3) is 0 Å². The van der Waals surface area contributed by atoms with E-state index in [1.54, 1.807) is 13.8 Å². The Hall–Kier alpha value is -1.56. The summed E-state index contributed by atoms with van der Waals surface area (Å²) in [5.41, 5.74) is -0.0304. The summed E-state index contributed by atoms with van der Waals surface area (Å²) in [4.78, 5) is 11.6. The van der Waals surface area contributed by atoms with Crippen LogP contribution in [0.25, 0.3) is 0 Å². The molecule has 0 radical (unpaired) electrons. The van der Waals surface area contributed by atoms with Gasteiger partial charge < -0.3 is 10.4 Å². The molecule has 2 atom stereocenters. The van der Waals surface area contributed by atoms with Crippen LogP contribution in [0.2, 0.25) is 0 Å². The molecule has 0 bridgehead atoms. The van der Waals surface area contributed by atoms with E-state index >= 15 is 0 Å². The molecule has 3 nitrogen and oxygen atoms in total. The lowest BCUT2D eigenvalue weighted by Crippen LogP contribution is -2.31. The number of aliphatic hydroxyl groups excluding tert-OH is 1. The maximum Gasteiger partial charge on any atom is 0.416 e. The van der Waals surface area contributed by atoms with Crippen LogP contribution < -0.4 is 5.32 Å². The van der Waals surface area contributed by atoms with Crippen LogP contribution in [0.1, 0.15) is 37.3 Å². The second kappa shape index (κ2) is 6.74. The van der Waals surface area contributed by atoms with Crippen LogP contribution in [0.5, 0.6) is 0 Å². The number of amides is 1. The molecule has 2 unspecified atom stereocenters. The molecule has 0 heterocycles. The third-order valence-corrected chi connectivity index (χ3v) is 2.89. The van der Waals surface area contributed by atoms with Crippen LogP contribution in [-0.4, -0.2) is 23.7 Å². The quantitative estimate of drug-likeness (QED) is 0.875. The highest BCUT2D eigenvalue weighted by molar-refractivity contribution is 5.76. The van der Waals surface area contributed by atoms with E-state index in [0.717, 1.165) is 12.1 Å². The SMILES string of the molecule is CC(O)CNC(=O)CC(C)c1ccc(C(F)(F)F)cc1. The van der Waals surface area contributed by atoms with E-state index in [9.17, 15) is 18.0 Å². The standard InChI is InChI=1S/C14H18F3NO2/c1-9(7-13(20)18-8-10(2)19)11-3-5-12(6-4-11)14(15,16)17/h3-6,9-10,19H,7-8H2,1-2H3,(H,18,20). The molecule has 1 aromatic rings. The molecular formula is C14H18F3NO2. The smallest absolute Gasteiger partial charge is 0.392 e. The van der Waals surface area contributed by atoms with Gasteiger partial charge in [-0.15, -0.1) is 0 Å². The van der Waals surface area contributed by atoms with E-state index in [-0.39, 0.29) is 24.8 Å². The number of carbonyl (C=O) groups excluding carboxylic acids is 1. The van der Waals surface area contributed by atoms with E-state index in [0.29, 0.717) is 5.56 Å². The van der Waals surface area contributed by atoms with Gasteiger partial charge in [0.15, 0.2) is 0 Å². The molecule has 112 valence electrons. The Morgan fingerprint density at radius 1 is 1.25 bits per heavy atom. The van der Waals surface area contributed by atoms with Crippen LogP contribution in [0.15, 0.2) is 24.3 Å². The lowest BCUT2D eigenvalue weighted by molar-refractivity contribution is -0.137. The van der Waals surface area contributed by atoms with E-state index in [2.05, 4.69) is 5.32 Å². The third kappa shape index (κ3) is 5.21.